The highest BCUT2D eigenvalue weighted by atomic mass is 32.2. The molecule has 3 aromatic carbocycles. The Hall–Kier alpha value is -2.50. The van der Waals surface area contributed by atoms with Crippen LogP contribution < -0.4 is 0 Å². The number of alkyl halides is 1. The Labute approximate surface area is 171 Å². The van der Waals surface area contributed by atoms with Crippen LogP contribution >= 0.6 is 0 Å². The fraction of sp³-hybridized carbons (Fsp3) is 0.250. The number of sulfonamides is 1. The average molecular weight is 410 g/mol. The number of aryl methyl sites for hydroxylation is 1. The molecule has 1 fully saturated rings. The van der Waals surface area contributed by atoms with Gasteiger partial charge in [0.05, 0.1) is 4.90 Å². The van der Waals surface area contributed by atoms with Gasteiger partial charge in [-0.3, -0.25) is 0 Å². The van der Waals surface area contributed by atoms with E-state index in [1.54, 1.807) is 24.3 Å². The van der Waals surface area contributed by atoms with Crippen LogP contribution in [0.15, 0.2) is 89.8 Å². The van der Waals surface area contributed by atoms with Gasteiger partial charge in [0.15, 0.2) is 0 Å². The van der Waals surface area contributed by atoms with E-state index in [1.807, 2.05) is 67.6 Å². The maximum atomic E-state index is 15.1. The van der Waals surface area contributed by atoms with Crippen LogP contribution in [0.4, 0.5) is 4.39 Å². The first-order chi connectivity index (χ1) is 13.9. The van der Waals surface area contributed by atoms with Crippen molar-refractivity contribution in [3.8, 4) is 0 Å². The highest BCUT2D eigenvalue weighted by Crippen LogP contribution is 2.42. The van der Waals surface area contributed by atoms with Gasteiger partial charge in [-0.05, 0) is 36.6 Å². The van der Waals surface area contributed by atoms with Crippen molar-refractivity contribution in [2.24, 2.45) is 0 Å². The van der Waals surface area contributed by atoms with E-state index >= 15 is 4.39 Å². The van der Waals surface area contributed by atoms with Gasteiger partial charge in [-0.2, -0.15) is 4.31 Å². The zero-order valence-corrected chi connectivity index (χ0v) is 17.1. The molecule has 4 rings (SSSR count). The fourth-order valence-corrected chi connectivity index (χ4v) is 5.76. The molecule has 0 unspecified atom stereocenters. The van der Waals surface area contributed by atoms with Crippen LogP contribution in [-0.2, 0) is 15.4 Å². The summed E-state index contributed by atoms with van der Waals surface area (Å²) < 4.78 is 43.1. The lowest BCUT2D eigenvalue weighted by molar-refractivity contribution is 0.148. The maximum absolute atomic E-state index is 15.1. The van der Waals surface area contributed by atoms with E-state index in [-0.39, 0.29) is 24.4 Å². The molecule has 0 N–H and O–H groups in total. The summed E-state index contributed by atoms with van der Waals surface area (Å²) in [7, 11) is -3.81. The number of halogens is 1. The molecule has 0 aromatic heterocycles. The molecule has 1 aliphatic rings. The van der Waals surface area contributed by atoms with Gasteiger partial charge < -0.3 is 0 Å². The van der Waals surface area contributed by atoms with E-state index in [1.165, 1.54) is 4.31 Å². The van der Waals surface area contributed by atoms with Crippen LogP contribution in [0.5, 0.6) is 0 Å². The van der Waals surface area contributed by atoms with E-state index in [4.69, 9.17) is 0 Å². The van der Waals surface area contributed by atoms with Gasteiger partial charge in [0.25, 0.3) is 0 Å². The molecule has 0 radical (unpaired) electrons. The van der Waals surface area contributed by atoms with Crippen molar-refractivity contribution in [1.82, 2.24) is 4.31 Å². The Morgan fingerprint density at radius 2 is 1.38 bits per heavy atom. The molecule has 0 bridgehead atoms. The summed E-state index contributed by atoms with van der Waals surface area (Å²) in [4.78, 5) is 0.201. The number of piperidine rings is 1. The smallest absolute Gasteiger partial charge is 0.243 e. The number of hydrogen-bond donors (Lipinski definition) is 0. The first-order valence-corrected chi connectivity index (χ1v) is 11.2. The minimum Gasteiger partial charge on any atom is -0.246 e. The van der Waals surface area contributed by atoms with Crippen molar-refractivity contribution in [3.63, 3.8) is 0 Å². The summed E-state index contributed by atoms with van der Waals surface area (Å²) in [5, 5.41) is 0. The Balaban J connectivity index is 1.82. The van der Waals surface area contributed by atoms with Crippen LogP contribution in [0.3, 0.4) is 0 Å². The summed E-state index contributed by atoms with van der Waals surface area (Å²) in [5.41, 5.74) is 2.10. The van der Waals surface area contributed by atoms with Gasteiger partial charge in [0.1, 0.15) is 6.17 Å². The number of rotatable bonds is 4. The van der Waals surface area contributed by atoms with Crippen molar-refractivity contribution >= 4 is 10.0 Å². The van der Waals surface area contributed by atoms with Crippen molar-refractivity contribution < 1.29 is 12.8 Å². The number of benzene rings is 3. The lowest BCUT2D eigenvalue weighted by Crippen LogP contribution is -2.53. The lowest BCUT2D eigenvalue weighted by Gasteiger charge is -2.44. The molecular weight excluding hydrogens is 385 g/mol. The quantitative estimate of drug-likeness (QED) is 0.626. The fourth-order valence-electron chi connectivity index (χ4n) is 4.24. The second kappa shape index (κ2) is 7.73. The normalized spacial score (nSPS) is 19.7. The van der Waals surface area contributed by atoms with E-state index in [9.17, 15) is 8.42 Å². The lowest BCUT2D eigenvalue weighted by atomic mass is 9.69. The standard InChI is InChI=1S/C24H24FNO2S/c1-19-12-14-23(15-13-19)29(27,28)26-17-22(25)16-24(18-26,20-8-4-2-5-9-20)21-10-6-3-7-11-21/h2-15,22H,16-18H2,1H3/t22-/m1/s1. The van der Waals surface area contributed by atoms with Gasteiger partial charge in [0, 0.05) is 18.5 Å². The molecule has 3 nitrogen and oxygen atoms in total. The van der Waals surface area contributed by atoms with Crippen LogP contribution in [0, 0.1) is 6.92 Å². The zero-order chi connectivity index (χ0) is 20.5. The molecule has 0 spiro atoms. The zero-order valence-electron chi connectivity index (χ0n) is 16.3. The minimum atomic E-state index is -3.81. The van der Waals surface area contributed by atoms with Gasteiger partial charge in [-0.25, -0.2) is 12.8 Å². The van der Waals surface area contributed by atoms with E-state index in [2.05, 4.69) is 0 Å². The summed E-state index contributed by atoms with van der Waals surface area (Å²) in [6, 6.07) is 26.1. The first-order valence-electron chi connectivity index (χ1n) is 9.74. The maximum Gasteiger partial charge on any atom is 0.243 e. The molecular formula is C24H24FNO2S. The molecule has 1 aliphatic heterocycles. The minimum absolute atomic E-state index is 0.127. The van der Waals surface area contributed by atoms with Crippen molar-refractivity contribution in [3.05, 3.63) is 102 Å². The third kappa shape index (κ3) is 3.72. The molecule has 0 amide bonds. The van der Waals surface area contributed by atoms with E-state index < -0.39 is 21.6 Å². The number of hydrogen-bond acceptors (Lipinski definition) is 2. The molecule has 0 aliphatic carbocycles. The van der Waals surface area contributed by atoms with Crippen molar-refractivity contribution in [2.75, 3.05) is 13.1 Å². The topological polar surface area (TPSA) is 37.4 Å². The second-order valence-corrected chi connectivity index (χ2v) is 9.66. The van der Waals surface area contributed by atoms with Gasteiger partial charge in [0.2, 0.25) is 10.0 Å². The van der Waals surface area contributed by atoms with Crippen molar-refractivity contribution in [1.29, 1.82) is 0 Å². The first kappa shape index (κ1) is 19.8. The molecule has 0 saturated carbocycles. The summed E-state index contributed by atoms with van der Waals surface area (Å²) >= 11 is 0. The molecule has 3 aromatic rings. The molecule has 1 saturated heterocycles. The summed E-state index contributed by atoms with van der Waals surface area (Å²) in [6.45, 7) is 1.99. The predicted octanol–water partition coefficient (Wildman–Crippen LogP) is 4.71. The molecule has 150 valence electrons. The monoisotopic (exact) mass is 409 g/mol. The Morgan fingerprint density at radius 3 is 1.90 bits per heavy atom. The van der Waals surface area contributed by atoms with Crippen LogP contribution in [-0.4, -0.2) is 32.0 Å². The Bertz CT molecular complexity index is 1030. The Morgan fingerprint density at radius 1 is 0.862 bits per heavy atom. The largest absolute Gasteiger partial charge is 0.246 e. The van der Waals surface area contributed by atoms with Gasteiger partial charge >= 0.3 is 0 Å². The van der Waals surface area contributed by atoms with Gasteiger partial charge in [-0.1, -0.05) is 78.4 Å². The SMILES string of the molecule is Cc1ccc(S(=O)(=O)N2C[C@H](F)CC(c3ccccc3)(c3ccccc3)C2)cc1. The van der Waals surface area contributed by atoms with E-state index in [0.717, 1.165) is 16.7 Å². The van der Waals surface area contributed by atoms with Crippen LogP contribution in [0.1, 0.15) is 23.1 Å². The van der Waals surface area contributed by atoms with E-state index in [0.29, 0.717) is 0 Å². The highest BCUT2D eigenvalue weighted by molar-refractivity contribution is 7.89. The molecule has 1 atom stereocenters. The highest BCUT2D eigenvalue weighted by Gasteiger charge is 2.46. The van der Waals surface area contributed by atoms with Crippen LogP contribution in [0.25, 0.3) is 0 Å². The molecule has 29 heavy (non-hydrogen) atoms. The average Bonchev–Trinajstić information content (AvgIpc) is 2.75. The molecule has 5 heteroatoms. The third-order valence-electron chi connectivity index (χ3n) is 5.73. The Kier molecular flexibility index (Phi) is 5.28. The summed E-state index contributed by atoms with van der Waals surface area (Å²) in [5.74, 6) is 0. The third-order valence-corrected chi connectivity index (χ3v) is 7.56. The summed E-state index contributed by atoms with van der Waals surface area (Å²) in [6.07, 6.45) is -1.01. The second-order valence-electron chi connectivity index (χ2n) is 7.73. The number of nitrogens with zero attached hydrogens (tertiary/aromatic N) is 1. The van der Waals surface area contributed by atoms with Crippen molar-refractivity contribution in [2.45, 2.75) is 29.8 Å². The van der Waals surface area contributed by atoms with Crippen LogP contribution in [0.2, 0.25) is 0 Å². The predicted molar refractivity (Wildman–Crippen MR) is 113 cm³/mol. The van der Waals surface area contributed by atoms with Gasteiger partial charge in [-0.15, -0.1) is 0 Å². The molecule has 1 heterocycles.